The third kappa shape index (κ3) is 4.01. The molecule has 0 saturated carbocycles. The third-order valence-electron chi connectivity index (χ3n) is 5.23. The molecule has 3 aromatic carbocycles. The fourth-order valence-corrected chi connectivity index (χ4v) is 3.81. The summed E-state index contributed by atoms with van der Waals surface area (Å²) in [6.07, 6.45) is 1.02. The first kappa shape index (κ1) is 20.2. The minimum absolute atomic E-state index is 0. The maximum atomic E-state index is 5.21. The molecule has 3 nitrogen and oxygen atoms in total. The van der Waals surface area contributed by atoms with Gasteiger partial charge in [-0.3, -0.25) is 0 Å². The van der Waals surface area contributed by atoms with Gasteiger partial charge in [0, 0.05) is 34.9 Å². The second-order valence-corrected chi connectivity index (χ2v) is 6.89. The average Bonchev–Trinajstić information content (AvgIpc) is 3.05. The molecule has 0 radical (unpaired) electrons. The van der Waals surface area contributed by atoms with E-state index in [9.17, 15) is 0 Å². The maximum absolute atomic E-state index is 5.21. The molecule has 0 aliphatic carbocycles. The Hall–Kier alpha value is -2.49. The summed E-state index contributed by atoms with van der Waals surface area (Å²) >= 11 is 0. The highest BCUT2D eigenvalue weighted by atomic mass is 35.5. The van der Waals surface area contributed by atoms with Crippen LogP contribution in [0.1, 0.15) is 18.1 Å². The SMILES string of the molecule is CCn1c2ccccc2c2cc(CNCCc3ccc(OC)cc3)ccc21.Cl. The smallest absolute Gasteiger partial charge is 0.118 e. The molecular formula is C24H27ClN2O. The number of nitrogens with one attached hydrogen (secondary N) is 1. The summed E-state index contributed by atoms with van der Waals surface area (Å²) < 4.78 is 7.61. The first-order valence-corrected chi connectivity index (χ1v) is 9.63. The van der Waals surface area contributed by atoms with Crippen LogP contribution in [-0.2, 0) is 19.5 Å². The van der Waals surface area contributed by atoms with Crippen molar-refractivity contribution in [1.82, 2.24) is 9.88 Å². The number of hydrogen-bond acceptors (Lipinski definition) is 2. The molecule has 0 saturated heterocycles. The van der Waals surface area contributed by atoms with Crippen LogP contribution >= 0.6 is 12.4 Å². The topological polar surface area (TPSA) is 26.2 Å². The van der Waals surface area contributed by atoms with E-state index in [1.54, 1.807) is 7.11 Å². The Balaban J connectivity index is 0.00000225. The van der Waals surface area contributed by atoms with Crippen LogP contribution in [0.4, 0.5) is 0 Å². The zero-order valence-corrected chi connectivity index (χ0v) is 17.3. The van der Waals surface area contributed by atoms with Crippen LogP contribution in [0.15, 0.2) is 66.7 Å². The van der Waals surface area contributed by atoms with Crippen LogP contribution < -0.4 is 10.1 Å². The lowest BCUT2D eigenvalue weighted by Gasteiger charge is -2.07. The predicted molar refractivity (Wildman–Crippen MR) is 121 cm³/mol. The first-order valence-electron chi connectivity index (χ1n) is 9.63. The van der Waals surface area contributed by atoms with E-state index in [1.165, 1.54) is 32.9 Å². The number of aryl methyl sites for hydroxylation is 1. The summed E-state index contributed by atoms with van der Waals surface area (Å²) in [4.78, 5) is 0. The van der Waals surface area contributed by atoms with Gasteiger partial charge in [0.1, 0.15) is 5.75 Å². The Bertz CT molecular complexity index is 1050. The fraction of sp³-hybridized carbons (Fsp3) is 0.250. The van der Waals surface area contributed by atoms with Gasteiger partial charge in [-0.2, -0.15) is 0 Å². The van der Waals surface area contributed by atoms with Crippen LogP contribution in [0, 0.1) is 0 Å². The van der Waals surface area contributed by atoms with Crippen molar-refractivity contribution in [1.29, 1.82) is 0 Å². The maximum Gasteiger partial charge on any atom is 0.118 e. The molecule has 0 aliphatic heterocycles. The molecule has 4 rings (SSSR count). The molecule has 0 aliphatic rings. The number of benzene rings is 3. The molecule has 28 heavy (non-hydrogen) atoms. The molecule has 1 aromatic heterocycles. The summed E-state index contributed by atoms with van der Waals surface area (Å²) in [6, 6.07) is 23.8. The molecule has 0 atom stereocenters. The van der Waals surface area contributed by atoms with Crippen LogP contribution in [0.2, 0.25) is 0 Å². The van der Waals surface area contributed by atoms with Crippen molar-refractivity contribution in [3.05, 3.63) is 77.9 Å². The van der Waals surface area contributed by atoms with Crippen molar-refractivity contribution in [3.63, 3.8) is 0 Å². The highest BCUT2D eigenvalue weighted by Gasteiger charge is 2.09. The van der Waals surface area contributed by atoms with Gasteiger partial charge in [-0.1, -0.05) is 36.4 Å². The largest absolute Gasteiger partial charge is 0.497 e. The number of nitrogens with zero attached hydrogens (tertiary/aromatic N) is 1. The normalized spacial score (nSPS) is 10.9. The van der Waals surface area contributed by atoms with E-state index in [2.05, 4.69) is 71.4 Å². The van der Waals surface area contributed by atoms with Crippen LogP contribution in [0.25, 0.3) is 21.8 Å². The lowest BCUT2D eigenvalue weighted by Crippen LogP contribution is -2.16. The van der Waals surface area contributed by atoms with Crippen molar-refractivity contribution >= 4 is 34.2 Å². The summed E-state index contributed by atoms with van der Waals surface area (Å²) in [5.74, 6) is 0.909. The fourth-order valence-electron chi connectivity index (χ4n) is 3.81. The second kappa shape index (κ2) is 9.13. The Morgan fingerprint density at radius 2 is 1.57 bits per heavy atom. The first-order chi connectivity index (χ1) is 13.3. The number of fused-ring (bicyclic) bond motifs is 3. The van der Waals surface area contributed by atoms with Gasteiger partial charge >= 0.3 is 0 Å². The molecular weight excluding hydrogens is 368 g/mol. The number of para-hydroxylation sites is 1. The van der Waals surface area contributed by atoms with Gasteiger partial charge in [0.15, 0.2) is 0 Å². The second-order valence-electron chi connectivity index (χ2n) is 6.89. The van der Waals surface area contributed by atoms with Crippen molar-refractivity contribution in [2.24, 2.45) is 0 Å². The third-order valence-corrected chi connectivity index (χ3v) is 5.23. The van der Waals surface area contributed by atoms with E-state index in [1.807, 2.05) is 12.1 Å². The minimum atomic E-state index is 0. The average molecular weight is 395 g/mol. The summed E-state index contributed by atoms with van der Waals surface area (Å²) in [5, 5.41) is 6.27. The lowest BCUT2D eigenvalue weighted by atomic mass is 10.1. The van der Waals surface area contributed by atoms with Gasteiger partial charge in [-0.25, -0.2) is 0 Å². The lowest BCUT2D eigenvalue weighted by molar-refractivity contribution is 0.414. The van der Waals surface area contributed by atoms with E-state index in [0.29, 0.717) is 0 Å². The number of hydrogen-bond donors (Lipinski definition) is 1. The van der Waals surface area contributed by atoms with Crippen LogP contribution in [-0.4, -0.2) is 18.2 Å². The molecule has 4 heteroatoms. The number of rotatable bonds is 7. The molecule has 0 amide bonds. The zero-order valence-electron chi connectivity index (χ0n) is 16.4. The monoisotopic (exact) mass is 394 g/mol. The van der Waals surface area contributed by atoms with Crippen molar-refractivity contribution in [2.45, 2.75) is 26.4 Å². The number of aromatic nitrogens is 1. The Morgan fingerprint density at radius 3 is 2.32 bits per heavy atom. The van der Waals surface area contributed by atoms with Gasteiger partial charge in [-0.05, 0) is 61.3 Å². The van der Waals surface area contributed by atoms with Crippen molar-refractivity contribution in [2.75, 3.05) is 13.7 Å². The van der Waals surface area contributed by atoms with Gasteiger partial charge in [0.2, 0.25) is 0 Å². The molecule has 0 unspecified atom stereocenters. The van der Waals surface area contributed by atoms with Crippen molar-refractivity contribution in [3.8, 4) is 5.75 Å². The Kier molecular flexibility index (Phi) is 6.61. The summed E-state index contributed by atoms with van der Waals surface area (Å²) in [7, 11) is 1.70. The number of methoxy groups -OCH3 is 1. The highest BCUT2D eigenvalue weighted by Crippen LogP contribution is 2.29. The van der Waals surface area contributed by atoms with E-state index in [-0.39, 0.29) is 12.4 Å². The Morgan fingerprint density at radius 1 is 0.857 bits per heavy atom. The molecule has 0 spiro atoms. The Labute approximate surface area is 172 Å². The summed E-state index contributed by atoms with van der Waals surface area (Å²) in [5.41, 5.74) is 5.29. The van der Waals surface area contributed by atoms with E-state index in [4.69, 9.17) is 4.74 Å². The molecule has 4 aromatic rings. The van der Waals surface area contributed by atoms with Crippen molar-refractivity contribution < 1.29 is 4.74 Å². The zero-order chi connectivity index (χ0) is 18.6. The molecule has 1 heterocycles. The minimum Gasteiger partial charge on any atom is -0.497 e. The number of halogens is 1. The van der Waals surface area contributed by atoms with Gasteiger partial charge < -0.3 is 14.6 Å². The van der Waals surface area contributed by atoms with Gasteiger partial charge in [-0.15, -0.1) is 12.4 Å². The predicted octanol–water partition coefficient (Wildman–Crippen LogP) is 5.58. The van der Waals surface area contributed by atoms with Crippen LogP contribution in [0.5, 0.6) is 5.75 Å². The van der Waals surface area contributed by atoms with Gasteiger partial charge in [0.05, 0.1) is 7.11 Å². The highest BCUT2D eigenvalue weighted by molar-refractivity contribution is 6.08. The van der Waals surface area contributed by atoms with E-state index < -0.39 is 0 Å². The molecule has 0 fully saturated rings. The molecule has 146 valence electrons. The summed E-state index contributed by atoms with van der Waals surface area (Å²) in [6.45, 7) is 5.04. The van der Waals surface area contributed by atoms with Gasteiger partial charge in [0.25, 0.3) is 0 Å². The molecule has 0 bridgehead atoms. The van der Waals surface area contributed by atoms with E-state index >= 15 is 0 Å². The van der Waals surface area contributed by atoms with E-state index in [0.717, 1.165) is 31.8 Å². The van der Waals surface area contributed by atoms with Crippen LogP contribution in [0.3, 0.4) is 0 Å². The molecule has 1 N–H and O–H groups in total. The standard InChI is InChI=1S/C24H26N2O.ClH/c1-3-26-23-7-5-4-6-21(23)22-16-19(10-13-24(22)26)17-25-15-14-18-8-11-20(27-2)12-9-18;/h4-13,16,25H,3,14-15,17H2,1-2H3;1H. The quantitative estimate of drug-likeness (QED) is 0.414. The number of ether oxygens (including phenoxy) is 1.